The maximum absolute atomic E-state index is 13.3. The molecule has 0 aromatic heterocycles. The molecule has 2 aromatic carbocycles. The zero-order valence-corrected chi connectivity index (χ0v) is 15.1. The van der Waals surface area contributed by atoms with Crippen LogP contribution in [-0.2, 0) is 0 Å². The van der Waals surface area contributed by atoms with Crippen LogP contribution in [0.5, 0.6) is 17.2 Å². The fourth-order valence-corrected chi connectivity index (χ4v) is 3.92. The van der Waals surface area contributed by atoms with Crippen molar-refractivity contribution in [1.29, 1.82) is 0 Å². The molecule has 0 bridgehead atoms. The number of benzene rings is 2. The number of hydrogen-bond donors (Lipinski definition) is 0. The summed E-state index contributed by atoms with van der Waals surface area (Å²) in [4.78, 5) is 2.13. The number of fused-ring (bicyclic) bond motifs is 1. The highest BCUT2D eigenvalue weighted by atomic mass is 19.1. The molecule has 6 heteroatoms. The zero-order chi connectivity index (χ0) is 18.6. The lowest BCUT2D eigenvalue weighted by atomic mass is 9.81. The molecule has 4 rings (SSSR count). The molecule has 2 heterocycles. The molecule has 0 saturated carbocycles. The Morgan fingerprint density at radius 2 is 1.89 bits per heavy atom. The monoisotopic (exact) mass is 375 g/mol. The number of hydrogen-bond acceptors (Lipinski definition) is 4. The lowest BCUT2D eigenvalue weighted by molar-refractivity contribution is 0.106. The second-order valence-electron chi connectivity index (χ2n) is 7.02. The highest BCUT2D eigenvalue weighted by molar-refractivity contribution is 5.46. The number of rotatable bonds is 6. The highest BCUT2D eigenvalue weighted by Gasteiger charge is 2.31. The van der Waals surface area contributed by atoms with Gasteiger partial charge in [-0.15, -0.1) is 0 Å². The molecule has 0 N–H and O–H groups in total. The maximum Gasteiger partial charge on any atom is 0.231 e. The molecule has 0 amide bonds. The zero-order valence-electron chi connectivity index (χ0n) is 15.1. The number of halogens is 2. The molecule has 0 radical (unpaired) electrons. The van der Waals surface area contributed by atoms with E-state index in [2.05, 4.69) is 4.90 Å². The van der Waals surface area contributed by atoms with Crippen molar-refractivity contribution in [3.8, 4) is 17.2 Å². The molecule has 27 heavy (non-hydrogen) atoms. The van der Waals surface area contributed by atoms with Gasteiger partial charge in [-0.3, -0.25) is 0 Å². The summed E-state index contributed by atoms with van der Waals surface area (Å²) in [5, 5.41) is 0. The van der Waals surface area contributed by atoms with Crippen molar-refractivity contribution in [2.75, 3.05) is 39.7 Å². The van der Waals surface area contributed by atoms with Gasteiger partial charge in [-0.25, -0.2) is 8.78 Å². The number of alkyl halides is 1. The summed E-state index contributed by atoms with van der Waals surface area (Å²) < 4.78 is 42.9. The van der Waals surface area contributed by atoms with Gasteiger partial charge in [0.15, 0.2) is 11.5 Å². The maximum atomic E-state index is 13.3. The molecule has 2 aliphatic heterocycles. The van der Waals surface area contributed by atoms with Crippen LogP contribution in [0.3, 0.4) is 0 Å². The molecule has 4 nitrogen and oxygen atoms in total. The standard InChI is InChI=1S/C21H23F2NO3/c22-8-10-24-9-7-19(15-1-3-17(23)4-2-15)16(12-24)13-25-18-5-6-20-21(11-18)27-14-26-20/h1-6,11,16,19H,7-10,12-14H2/t16-,19-/m1/s1. The second kappa shape index (κ2) is 8.13. The van der Waals surface area contributed by atoms with Crippen molar-refractivity contribution in [3.05, 3.63) is 53.8 Å². The number of piperidine rings is 1. The van der Waals surface area contributed by atoms with Crippen LogP contribution in [0.15, 0.2) is 42.5 Å². The quantitative estimate of drug-likeness (QED) is 0.763. The SMILES string of the molecule is FCCN1CC[C@H](c2ccc(F)cc2)[C@@H](COc2ccc3c(c2)OCO3)C1. The Morgan fingerprint density at radius 1 is 1.07 bits per heavy atom. The van der Waals surface area contributed by atoms with E-state index in [1.54, 1.807) is 0 Å². The van der Waals surface area contributed by atoms with Crippen molar-refractivity contribution in [2.24, 2.45) is 5.92 Å². The summed E-state index contributed by atoms with van der Waals surface area (Å²) in [6.45, 7) is 2.42. The third-order valence-electron chi connectivity index (χ3n) is 5.33. The van der Waals surface area contributed by atoms with Crippen LogP contribution in [0.2, 0.25) is 0 Å². The van der Waals surface area contributed by atoms with E-state index in [0.29, 0.717) is 18.9 Å². The summed E-state index contributed by atoms with van der Waals surface area (Å²) in [6.07, 6.45) is 0.904. The predicted octanol–water partition coefficient (Wildman–Crippen LogP) is 4.01. The van der Waals surface area contributed by atoms with Gasteiger partial charge < -0.3 is 19.1 Å². The summed E-state index contributed by atoms with van der Waals surface area (Å²) in [6, 6.07) is 12.2. The third-order valence-corrected chi connectivity index (χ3v) is 5.33. The first-order valence-corrected chi connectivity index (χ1v) is 9.29. The van der Waals surface area contributed by atoms with E-state index in [1.165, 1.54) is 12.1 Å². The number of ether oxygens (including phenoxy) is 3. The Hall–Kier alpha value is -2.34. The van der Waals surface area contributed by atoms with Crippen molar-refractivity contribution in [1.82, 2.24) is 4.90 Å². The first kappa shape index (κ1) is 18.0. The van der Waals surface area contributed by atoms with Crippen LogP contribution in [0.1, 0.15) is 17.9 Å². The van der Waals surface area contributed by atoms with Crippen LogP contribution in [-0.4, -0.2) is 44.6 Å². The molecular formula is C21H23F2NO3. The molecule has 2 atom stereocenters. The van der Waals surface area contributed by atoms with Gasteiger partial charge >= 0.3 is 0 Å². The fourth-order valence-electron chi connectivity index (χ4n) is 3.92. The first-order valence-electron chi connectivity index (χ1n) is 9.29. The molecule has 0 aliphatic carbocycles. The van der Waals surface area contributed by atoms with Gasteiger partial charge in [0.25, 0.3) is 0 Å². The largest absolute Gasteiger partial charge is 0.493 e. The number of nitrogens with zero attached hydrogens (tertiary/aromatic N) is 1. The van der Waals surface area contributed by atoms with Crippen LogP contribution in [0.4, 0.5) is 8.78 Å². The Labute approximate surface area is 157 Å². The van der Waals surface area contributed by atoms with E-state index < -0.39 is 0 Å². The van der Waals surface area contributed by atoms with Gasteiger partial charge in [-0.05, 0) is 48.7 Å². The summed E-state index contributed by atoms with van der Waals surface area (Å²) >= 11 is 0. The highest BCUT2D eigenvalue weighted by Crippen LogP contribution is 2.37. The van der Waals surface area contributed by atoms with Crippen LogP contribution < -0.4 is 14.2 Å². The molecule has 0 unspecified atom stereocenters. The molecule has 1 saturated heterocycles. The normalized spacial score (nSPS) is 22.0. The van der Waals surface area contributed by atoms with Crippen LogP contribution >= 0.6 is 0 Å². The van der Waals surface area contributed by atoms with E-state index >= 15 is 0 Å². The van der Waals surface area contributed by atoms with E-state index in [9.17, 15) is 8.78 Å². The van der Waals surface area contributed by atoms with Crippen LogP contribution in [0.25, 0.3) is 0 Å². The minimum Gasteiger partial charge on any atom is -0.493 e. The lowest BCUT2D eigenvalue weighted by Gasteiger charge is -2.38. The third kappa shape index (κ3) is 4.16. The van der Waals surface area contributed by atoms with Crippen molar-refractivity contribution < 1.29 is 23.0 Å². The molecule has 2 aromatic rings. The van der Waals surface area contributed by atoms with E-state index in [1.807, 2.05) is 30.3 Å². The van der Waals surface area contributed by atoms with Crippen LogP contribution in [0, 0.1) is 11.7 Å². The average Bonchev–Trinajstić information content (AvgIpc) is 3.15. The van der Waals surface area contributed by atoms with Gasteiger partial charge in [-0.1, -0.05) is 12.1 Å². The van der Waals surface area contributed by atoms with E-state index in [-0.39, 0.29) is 31.1 Å². The Balaban J connectivity index is 1.47. The molecule has 2 aliphatic rings. The Kier molecular flexibility index (Phi) is 5.43. The molecule has 0 spiro atoms. The van der Waals surface area contributed by atoms with Gasteiger partial charge in [0, 0.05) is 25.1 Å². The second-order valence-corrected chi connectivity index (χ2v) is 7.02. The Morgan fingerprint density at radius 3 is 2.70 bits per heavy atom. The van der Waals surface area contributed by atoms with Crippen molar-refractivity contribution in [3.63, 3.8) is 0 Å². The first-order chi connectivity index (χ1) is 13.2. The van der Waals surface area contributed by atoms with E-state index in [0.717, 1.165) is 36.6 Å². The van der Waals surface area contributed by atoms with Crippen molar-refractivity contribution >= 4 is 0 Å². The Bertz CT molecular complexity index is 769. The molecular weight excluding hydrogens is 352 g/mol. The summed E-state index contributed by atoms with van der Waals surface area (Å²) in [7, 11) is 0. The minimum absolute atomic E-state index is 0.196. The van der Waals surface area contributed by atoms with Gasteiger partial charge in [0.1, 0.15) is 18.2 Å². The molecule has 144 valence electrons. The number of likely N-dealkylation sites (tertiary alicyclic amines) is 1. The molecule has 1 fully saturated rings. The van der Waals surface area contributed by atoms with Gasteiger partial charge in [-0.2, -0.15) is 0 Å². The van der Waals surface area contributed by atoms with Gasteiger partial charge in [0.05, 0.1) is 6.61 Å². The smallest absolute Gasteiger partial charge is 0.231 e. The minimum atomic E-state index is -0.350. The summed E-state index contributed by atoms with van der Waals surface area (Å²) in [5.74, 6) is 2.35. The lowest BCUT2D eigenvalue weighted by Crippen LogP contribution is -2.42. The fraction of sp³-hybridized carbons (Fsp3) is 0.429. The average molecular weight is 375 g/mol. The van der Waals surface area contributed by atoms with E-state index in [4.69, 9.17) is 14.2 Å². The van der Waals surface area contributed by atoms with Gasteiger partial charge in [0.2, 0.25) is 6.79 Å². The topological polar surface area (TPSA) is 30.9 Å². The summed E-state index contributed by atoms with van der Waals surface area (Å²) in [5.41, 5.74) is 1.11. The van der Waals surface area contributed by atoms with Crippen molar-refractivity contribution in [2.45, 2.75) is 12.3 Å². The predicted molar refractivity (Wildman–Crippen MR) is 97.7 cm³/mol.